The van der Waals surface area contributed by atoms with Gasteiger partial charge in [0.2, 0.25) is 29.5 Å². The Balaban J connectivity index is 1.45. The summed E-state index contributed by atoms with van der Waals surface area (Å²) in [4.78, 5) is 98.9. The summed E-state index contributed by atoms with van der Waals surface area (Å²) >= 11 is 0. The number of rotatable bonds is 6. The van der Waals surface area contributed by atoms with E-state index >= 15 is 0 Å². The maximum absolute atomic E-state index is 14.3. The number of hydrogen-bond donors (Lipinski definition) is 4. The minimum absolute atomic E-state index is 0.0191. The Morgan fingerprint density at radius 3 is 2.15 bits per heavy atom. The topological polar surface area (TPSA) is 187 Å². The quantitative estimate of drug-likeness (QED) is 0.319. The van der Waals surface area contributed by atoms with Crippen molar-refractivity contribution in [2.75, 3.05) is 32.1 Å². The average molecular weight is 754 g/mol. The summed E-state index contributed by atoms with van der Waals surface area (Å²) in [5.74, 6) is -6.12. The number of carbonyl (C=O) groups is 7. The molecule has 3 fully saturated rings. The first kappa shape index (κ1) is 39.6. The zero-order chi connectivity index (χ0) is 39.3. The zero-order valence-corrected chi connectivity index (χ0v) is 30.5. The highest BCUT2D eigenvalue weighted by Crippen LogP contribution is 2.24. The molecule has 15 nitrogen and oxygen atoms in total. The smallest absolute Gasteiger partial charge is 0.328 e. The predicted molar refractivity (Wildman–Crippen MR) is 189 cm³/mol. The number of halogens is 2. The van der Waals surface area contributed by atoms with Gasteiger partial charge in [-0.1, -0.05) is 17.7 Å². The van der Waals surface area contributed by atoms with E-state index in [4.69, 9.17) is 4.74 Å². The van der Waals surface area contributed by atoms with Crippen molar-refractivity contribution in [1.29, 1.82) is 0 Å². The van der Waals surface area contributed by atoms with Crippen LogP contribution in [0.25, 0.3) is 0 Å². The van der Waals surface area contributed by atoms with Gasteiger partial charge in [0.1, 0.15) is 54.5 Å². The number of cyclic esters (lactones) is 1. The normalized spacial score (nSPS) is 24.7. The molecular formula is C37H45F2N7O8. The van der Waals surface area contributed by atoms with Crippen molar-refractivity contribution in [2.45, 2.75) is 89.1 Å². The van der Waals surface area contributed by atoms with Gasteiger partial charge in [0.05, 0.1) is 0 Å². The number of benzene rings is 2. The number of nitrogens with one attached hydrogen (secondary N) is 4. The molecule has 3 aliphatic heterocycles. The molecule has 0 radical (unpaired) electrons. The Morgan fingerprint density at radius 2 is 1.50 bits per heavy atom. The summed E-state index contributed by atoms with van der Waals surface area (Å²) in [6.07, 6.45) is 0.963. The van der Waals surface area contributed by atoms with Crippen molar-refractivity contribution in [2.24, 2.45) is 0 Å². The molecule has 0 aliphatic carbocycles. The van der Waals surface area contributed by atoms with Gasteiger partial charge < -0.3 is 40.7 Å². The molecule has 0 bridgehead atoms. The Kier molecular flexibility index (Phi) is 12.5. The lowest BCUT2D eigenvalue weighted by Gasteiger charge is -2.34. The molecular weight excluding hydrogens is 708 g/mol. The van der Waals surface area contributed by atoms with Crippen LogP contribution in [0.1, 0.15) is 50.7 Å². The van der Waals surface area contributed by atoms with Crippen LogP contribution in [0.3, 0.4) is 0 Å². The van der Waals surface area contributed by atoms with Gasteiger partial charge in [-0.25, -0.2) is 18.4 Å². The van der Waals surface area contributed by atoms with Crippen LogP contribution >= 0.6 is 0 Å². The van der Waals surface area contributed by atoms with E-state index in [0.29, 0.717) is 24.6 Å². The van der Waals surface area contributed by atoms with Crippen LogP contribution in [-0.4, -0.2) is 119 Å². The number of nitrogens with zero attached hydrogens (tertiary/aromatic N) is 3. The average Bonchev–Trinajstić information content (AvgIpc) is 3.82. The van der Waals surface area contributed by atoms with E-state index < -0.39 is 102 Å². The van der Waals surface area contributed by atoms with Gasteiger partial charge in [0, 0.05) is 38.3 Å². The Labute approximate surface area is 311 Å². The van der Waals surface area contributed by atoms with E-state index in [1.807, 2.05) is 6.92 Å². The van der Waals surface area contributed by atoms with Crippen LogP contribution in [0.2, 0.25) is 0 Å². The van der Waals surface area contributed by atoms with Gasteiger partial charge in [-0.05, 0) is 76.3 Å². The van der Waals surface area contributed by atoms with Crippen LogP contribution in [0.4, 0.5) is 19.3 Å². The third kappa shape index (κ3) is 9.30. The molecule has 0 spiro atoms. The molecule has 0 aromatic heterocycles. The number of esters is 1. The number of likely N-dealkylation sites (N-methyl/N-ethyl adjacent to an activating group) is 1. The maximum atomic E-state index is 14.3. The number of carbonyl (C=O) groups excluding carboxylic acids is 7. The van der Waals surface area contributed by atoms with Gasteiger partial charge in [-0.15, -0.1) is 0 Å². The van der Waals surface area contributed by atoms with Crippen LogP contribution in [0.5, 0.6) is 0 Å². The lowest BCUT2D eigenvalue weighted by molar-refractivity contribution is -0.157. The summed E-state index contributed by atoms with van der Waals surface area (Å²) in [7, 11) is 1.41. The predicted octanol–water partition coefficient (Wildman–Crippen LogP) is 1.38. The number of hydrogen-bond acceptors (Lipinski definition) is 8. The minimum Gasteiger partial charge on any atom is -0.461 e. The zero-order valence-electron chi connectivity index (χ0n) is 30.5. The lowest BCUT2D eigenvalue weighted by Crippen LogP contribution is -2.60. The van der Waals surface area contributed by atoms with Crippen molar-refractivity contribution in [1.82, 2.24) is 30.7 Å². The third-order valence-corrected chi connectivity index (χ3v) is 9.97. The summed E-state index contributed by atoms with van der Waals surface area (Å²) in [5.41, 5.74) is 1.34. The Bertz CT molecular complexity index is 1770. The maximum Gasteiger partial charge on any atom is 0.328 e. The fourth-order valence-electron chi connectivity index (χ4n) is 6.85. The first-order chi connectivity index (χ1) is 25.6. The molecule has 7 amide bonds. The number of amides is 7. The Hall–Kier alpha value is -5.61. The molecule has 3 saturated heterocycles. The number of anilines is 1. The molecule has 6 atom stereocenters. The molecule has 1 unspecified atom stereocenters. The van der Waals surface area contributed by atoms with Gasteiger partial charge in [0.15, 0.2) is 0 Å². The number of fused-ring (bicyclic) bond motifs is 2. The summed E-state index contributed by atoms with van der Waals surface area (Å²) in [6.45, 7) is 4.44. The van der Waals surface area contributed by atoms with Crippen LogP contribution in [0.15, 0.2) is 42.5 Å². The van der Waals surface area contributed by atoms with E-state index in [1.165, 1.54) is 35.6 Å². The van der Waals surface area contributed by atoms with Crippen molar-refractivity contribution < 1.29 is 47.1 Å². The molecule has 5 rings (SSSR count). The molecule has 0 saturated carbocycles. The number of ether oxygens (including phenoxy) is 1. The fourth-order valence-corrected chi connectivity index (χ4v) is 6.85. The van der Waals surface area contributed by atoms with E-state index in [2.05, 4.69) is 21.3 Å². The molecule has 3 heterocycles. The molecule has 290 valence electrons. The highest BCUT2D eigenvalue weighted by Gasteiger charge is 2.43. The van der Waals surface area contributed by atoms with E-state index in [-0.39, 0.29) is 31.5 Å². The molecule has 54 heavy (non-hydrogen) atoms. The third-order valence-electron chi connectivity index (χ3n) is 9.97. The van der Waals surface area contributed by atoms with Crippen LogP contribution in [0, 0.1) is 18.6 Å². The van der Waals surface area contributed by atoms with E-state index in [0.717, 1.165) is 17.7 Å². The summed E-state index contributed by atoms with van der Waals surface area (Å²) < 4.78 is 34.0. The van der Waals surface area contributed by atoms with E-state index in [1.54, 1.807) is 24.3 Å². The van der Waals surface area contributed by atoms with Crippen molar-refractivity contribution in [3.63, 3.8) is 0 Å². The second-order valence-electron chi connectivity index (χ2n) is 13.9. The standard InChI is InChI=1S/C37H45F2N7O8/c1-20-9-11-26(12-10-20)41-37(53)43-27(17-23-15-24(38)18-25(39)16-23)32(48)42-28-19-54-36(52)30-8-6-14-46(30)33(49)21(2)40-31(47)22(3)44(4)35(51)29-7-5-13-45(29)34(28)50/h9-12,15-16,18,21-22,27-30H,5-8,13-14,17,19H2,1-4H3,(H,40,47)(H,42,48)(H2,41,43,53)/t21-,22-,27-,28?,29-,30-/m0/s1. The monoisotopic (exact) mass is 753 g/mol. The second-order valence-corrected chi connectivity index (χ2v) is 13.9. The van der Waals surface area contributed by atoms with E-state index in [9.17, 15) is 42.3 Å². The first-order valence-electron chi connectivity index (χ1n) is 17.9. The SMILES string of the molecule is Cc1ccc(NC(=O)N[C@@H](Cc2cc(F)cc(F)c2)C(=O)NC2COC(=O)[C@@H]3CCCN3C(=O)[C@H](C)NC(=O)[C@H](C)N(C)C(=O)[C@@H]3CCCN3C2=O)cc1. The fraction of sp³-hybridized carbons (Fsp3) is 0.486. The number of aryl methyl sites for hydroxylation is 1. The summed E-state index contributed by atoms with van der Waals surface area (Å²) in [6, 6.07) is 1.37. The highest BCUT2D eigenvalue weighted by atomic mass is 19.1. The molecule has 2 aromatic carbocycles. The molecule has 3 aliphatic rings. The minimum atomic E-state index is -1.59. The van der Waals surface area contributed by atoms with Gasteiger partial charge >= 0.3 is 12.0 Å². The Morgan fingerprint density at radius 1 is 0.889 bits per heavy atom. The largest absolute Gasteiger partial charge is 0.461 e. The van der Waals surface area contributed by atoms with Crippen molar-refractivity contribution in [3.05, 3.63) is 65.2 Å². The van der Waals surface area contributed by atoms with Crippen LogP contribution in [-0.2, 0) is 39.9 Å². The van der Waals surface area contributed by atoms with Gasteiger partial charge in [-0.3, -0.25) is 24.0 Å². The van der Waals surface area contributed by atoms with Crippen molar-refractivity contribution in [3.8, 4) is 0 Å². The highest BCUT2D eigenvalue weighted by molar-refractivity contribution is 5.98. The molecule has 2 aromatic rings. The van der Waals surface area contributed by atoms with Gasteiger partial charge in [0.25, 0.3) is 0 Å². The molecule has 17 heteroatoms. The second kappa shape index (κ2) is 17.0. The first-order valence-corrected chi connectivity index (χ1v) is 17.9. The molecule has 4 N–H and O–H groups in total. The summed E-state index contributed by atoms with van der Waals surface area (Å²) in [5, 5.41) is 10.3. The van der Waals surface area contributed by atoms with Crippen LogP contribution < -0.4 is 21.3 Å². The number of urea groups is 1. The van der Waals surface area contributed by atoms with Crippen molar-refractivity contribution >= 4 is 47.2 Å². The van der Waals surface area contributed by atoms with Gasteiger partial charge in [-0.2, -0.15) is 0 Å². The lowest BCUT2D eigenvalue weighted by atomic mass is 10.0.